The lowest BCUT2D eigenvalue weighted by Gasteiger charge is -2.11. The Balaban J connectivity index is 1.81. The first-order valence-electron chi connectivity index (χ1n) is 8.68. The van der Waals surface area contributed by atoms with E-state index in [9.17, 15) is 21.6 Å². The molecule has 0 spiro atoms. The largest absolute Gasteiger partial charge is 0.478 e. The number of sulfonamides is 2. The number of rotatable bonds is 6. The van der Waals surface area contributed by atoms with E-state index in [0.29, 0.717) is 18.8 Å². The van der Waals surface area contributed by atoms with Gasteiger partial charge in [-0.05, 0) is 37.1 Å². The third kappa shape index (κ3) is 5.34. The smallest absolute Gasteiger partial charge is 0.336 e. The number of carbonyl (C=O) groups is 1. The van der Waals surface area contributed by atoms with Crippen molar-refractivity contribution in [3.05, 3.63) is 41.3 Å². The molecule has 1 aliphatic heterocycles. The molecule has 2 aromatic rings. The van der Waals surface area contributed by atoms with E-state index in [0.717, 1.165) is 36.7 Å². The topological polar surface area (TPSA) is 142 Å². The van der Waals surface area contributed by atoms with Crippen molar-refractivity contribution < 1.29 is 26.7 Å². The number of hydrogen-bond donors (Lipinski definition) is 3. The predicted molar refractivity (Wildman–Crippen MR) is 110 cm³/mol. The SMILES string of the molecule is O=C(O)c1csc(S(=O)(=O)Nc2cccc(S(=O)(=O)NC3=NCCCCC3)c2)c1. The van der Waals surface area contributed by atoms with Crippen molar-refractivity contribution >= 4 is 48.9 Å². The maximum atomic E-state index is 12.6. The molecule has 3 N–H and O–H groups in total. The minimum Gasteiger partial charge on any atom is -0.478 e. The highest BCUT2D eigenvalue weighted by Gasteiger charge is 2.21. The fraction of sp³-hybridized carbons (Fsp3) is 0.294. The zero-order chi connectivity index (χ0) is 21.1. The van der Waals surface area contributed by atoms with Gasteiger partial charge in [0.1, 0.15) is 10.0 Å². The Morgan fingerprint density at radius 1 is 1.03 bits per heavy atom. The Morgan fingerprint density at radius 2 is 1.83 bits per heavy atom. The molecule has 0 amide bonds. The number of thiophene rings is 1. The van der Waals surface area contributed by atoms with Gasteiger partial charge in [0.05, 0.1) is 16.1 Å². The van der Waals surface area contributed by atoms with Crippen LogP contribution >= 0.6 is 11.3 Å². The quantitative estimate of drug-likeness (QED) is 0.608. The lowest BCUT2D eigenvalue weighted by molar-refractivity contribution is 0.0697. The first-order chi connectivity index (χ1) is 13.7. The van der Waals surface area contributed by atoms with Crippen LogP contribution in [0.1, 0.15) is 36.0 Å². The average Bonchev–Trinajstić information content (AvgIpc) is 3.03. The van der Waals surface area contributed by atoms with E-state index in [1.54, 1.807) is 0 Å². The predicted octanol–water partition coefficient (Wildman–Crippen LogP) is 2.50. The molecule has 9 nitrogen and oxygen atoms in total. The van der Waals surface area contributed by atoms with Crippen LogP contribution in [0.25, 0.3) is 0 Å². The molecular formula is C17H19N3O6S3. The van der Waals surface area contributed by atoms with Gasteiger partial charge >= 0.3 is 5.97 Å². The van der Waals surface area contributed by atoms with E-state index in [1.165, 1.54) is 29.6 Å². The molecule has 0 radical (unpaired) electrons. The van der Waals surface area contributed by atoms with Crippen LogP contribution in [0.5, 0.6) is 0 Å². The van der Waals surface area contributed by atoms with Crippen LogP contribution in [0, 0.1) is 0 Å². The number of aliphatic imine (C=N–C) groups is 1. The molecule has 0 fully saturated rings. The first-order valence-corrected chi connectivity index (χ1v) is 12.5. The standard InChI is InChI=1S/C17H19N3O6S3/c21-17(22)12-9-16(27-11-12)29(25,26)19-13-5-4-6-14(10-13)28(23,24)20-15-7-2-1-3-8-18-15/h4-6,9-11,19H,1-3,7-8H2,(H,18,20)(H,21,22). The molecule has 0 saturated heterocycles. The van der Waals surface area contributed by atoms with E-state index in [2.05, 4.69) is 14.4 Å². The van der Waals surface area contributed by atoms with E-state index >= 15 is 0 Å². The number of carboxylic acid groups (broad SMARTS) is 1. The molecule has 0 bridgehead atoms. The summed E-state index contributed by atoms with van der Waals surface area (Å²) in [6.45, 7) is 0.566. The van der Waals surface area contributed by atoms with Crippen molar-refractivity contribution in [3.8, 4) is 0 Å². The van der Waals surface area contributed by atoms with Crippen molar-refractivity contribution in [3.63, 3.8) is 0 Å². The first kappa shape index (κ1) is 21.3. The molecule has 12 heteroatoms. The summed E-state index contributed by atoms with van der Waals surface area (Å²) in [6.07, 6.45) is 3.28. The Morgan fingerprint density at radius 3 is 2.55 bits per heavy atom. The Bertz CT molecular complexity index is 1150. The second kappa shape index (κ2) is 8.51. The molecule has 0 atom stereocenters. The highest BCUT2D eigenvalue weighted by molar-refractivity contribution is 7.94. The van der Waals surface area contributed by atoms with Crippen LogP contribution in [0.3, 0.4) is 0 Å². The second-order valence-corrected chi connectivity index (χ2v) is 10.8. The molecule has 1 aliphatic rings. The molecule has 156 valence electrons. The number of aromatic carboxylic acids is 1. The van der Waals surface area contributed by atoms with Crippen molar-refractivity contribution in [1.82, 2.24) is 4.72 Å². The van der Waals surface area contributed by atoms with Gasteiger partial charge in [0, 0.05) is 18.3 Å². The second-order valence-electron chi connectivity index (χ2n) is 6.34. The molecule has 0 aliphatic carbocycles. The summed E-state index contributed by atoms with van der Waals surface area (Å²) in [4.78, 5) is 15.1. The van der Waals surface area contributed by atoms with Crippen LogP contribution in [-0.2, 0) is 20.0 Å². The molecule has 1 aromatic heterocycles. The van der Waals surface area contributed by atoms with Crippen LogP contribution < -0.4 is 9.44 Å². The van der Waals surface area contributed by atoms with Gasteiger partial charge in [-0.15, -0.1) is 11.3 Å². The number of hydrogen-bond acceptors (Lipinski definition) is 7. The molecule has 2 heterocycles. The van der Waals surface area contributed by atoms with Crippen LogP contribution in [0.2, 0.25) is 0 Å². The van der Waals surface area contributed by atoms with E-state index in [-0.39, 0.29) is 20.4 Å². The molecule has 0 unspecified atom stereocenters. The van der Waals surface area contributed by atoms with E-state index in [1.807, 2.05) is 0 Å². The Kier molecular flexibility index (Phi) is 6.24. The highest BCUT2D eigenvalue weighted by Crippen LogP contribution is 2.24. The lowest BCUT2D eigenvalue weighted by Crippen LogP contribution is -2.30. The minimum atomic E-state index is -4.05. The minimum absolute atomic E-state index is 0.0426. The zero-order valence-electron chi connectivity index (χ0n) is 15.2. The van der Waals surface area contributed by atoms with Crippen molar-refractivity contribution in [2.45, 2.75) is 34.8 Å². The van der Waals surface area contributed by atoms with Gasteiger partial charge in [-0.2, -0.15) is 0 Å². The van der Waals surface area contributed by atoms with Crippen LogP contribution in [0.4, 0.5) is 5.69 Å². The average molecular weight is 458 g/mol. The third-order valence-corrected chi connectivity index (χ3v) is 8.31. The zero-order valence-corrected chi connectivity index (χ0v) is 17.6. The monoisotopic (exact) mass is 457 g/mol. The normalized spacial score (nSPS) is 15.2. The van der Waals surface area contributed by atoms with Gasteiger partial charge in [-0.25, -0.2) is 21.6 Å². The third-order valence-electron chi connectivity index (χ3n) is 4.11. The van der Waals surface area contributed by atoms with Crippen LogP contribution in [-0.4, -0.2) is 40.3 Å². The van der Waals surface area contributed by atoms with Gasteiger partial charge < -0.3 is 5.11 Å². The number of nitrogens with one attached hydrogen (secondary N) is 2. The van der Waals surface area contributed by atoms with Gasteiger partial charge in [0.15, 0.2) is 0 Å². The van der Waals surface area contributed by atoms with Crippen LogP contribution in [0.15, 0.2) is 49.8 Å². The number of carboxylic acids is 1. The summed E-state index contributed by atoms with van der Waals surface area (Å²) in [5.41, 5.74) is -0.0963. The summed E-state index contributed by atoms with van der Waals surface area (Å²) >= 11 is 0.761. The highest BCUT2D eigenvalue weighted by atomic mass is 32.2. The fourth-order valence-corrected chi connectivity index (χ4v) is 6.01. The number of nitrogens with zero attached hydrogens (tertiary/aromatic N) is 1. The molecule has 0 saturated carbocycles. The molecular weight excluding hydrogens is 438 g/mol. The fourth-order valence-electron chi connectivity index (χ4n) is 2.67. The number of benzene rings is 1. The summed E-state index contributed by atoms with van der Waals surface area (Å²) in [5, 5.41) is 10.2. The van der Waals surface area contributed by atoms with Crippen molar-refractivity contribution in [2.75, 3.05) is 11.3 Å². The van der Waals surface area contributed by atoms with E-state index < -0.39 is 26.0 Å². The Hall–Kier alpha value is -2.44. The molecule has 3 rings (SSSR count). The Labute approximate surface area is 172 Å². The lowest BCUT2D eigenvalue weighted by atomic mass is 10.2. The summed E-state index contributed by atoms with van der Waals surface area (Å²) in [6, 6.07) is 6.42. The summed E-state index contributed by atoms with van der Waals surface area (Å²) < 4.78 is 54.8. The molecule has 1 aromatic carbocycles. The van der Waals surface area contributed by atoms with Gasteiger partial charge in [0.25, 0.3) is 20.0 Å². The number of amidine groups is 1. The molecule has 29 heavy (non-hydrogen) atoms. The van der Waals surface area contributed by atoms with Gasteiger partial charge in [0.2, 0.25) is 0 Å². The summed E-state index contributed by atoms with van der Waals surface area (Å²) in [7, 11) is -7.97. The van der Waals surface area contributed by atoms with Gasteiger partial charge in [-0.3, -0.25) is 14.4 Å². The maximum absolute atomic E-state index is 12.6. The van der Waals surface area contributed by atoms with Crippen molar-refractivity contribution in [2.24, 2.45) is 4.99 Å². The van der Waals surface area contributed by atoms with Crippen molar-refractivity contribution in [1.29, 1.82) is 0 Å². The van der Waals surface area contributed by atoms with Gasteiger partial charge in [-0.1, -0.05) is 12.5 Å². The van der Waals surface area contributed by atoms with E-state index in [4.69, 9.17) is 5.11 Å². The summed E-state index contributed by atoms with van der Waals surface area (Å²) in [5.74, 6) is -0.837. The maximum Gasteiger partial charge on any atom is 0.336 e. The number of anilines is 1.